The summed E-state index contributed by atoms with van der Waals surface area (Å²) in [6.07, 6.45) is -3.46. The van der Waals surface area contributed by atoms with Crippen molar-refractivity contribution < 1.29 is 26.4 Å². The van der Waals surface area contributed by atoms with Crippen LogP contribution in [0.4, 0.5) is 18.9 Å². The highest BCUT2D eigenvalue weighted by molar-refractivity contribution is 7.88. The fourth-order valence-electron chi connectivity index (χ4n) is 1.78. The van der Waals surface area contributed by atoms with E-state index in [1.807, 2.05) is 0 Å². The lowest BCUT2D eigenvalue weighted by molar-refractivity contribution is -0.137. The first kappa shape index (κ1) is 20.4. The SMILES string of the molecule is CN(C)CCN(CC(=O)Nc1ccc(C(F)(F)F)cc1)S(C)(=O)=O. The third kappa shape index (κ3) is 6.85. The summed E-state index contributed by atoms with van der Waals surface area (Å²) >= 11 is 0. The van der Waals surface area contributed by atoms with Crippen molar-refractivity contribution in [2.24, 2.45) is 0 Å². The van der Waals surface area contributed by atoms with Crippen molar-refractivity contribution in [3.05, 3.63) is 29.8 Å². The molecule has 0 radical (unpaired) electrons. The first-order valence-corrected chi connectivity index (χ1v) is 8.81. The monoisotopic (exact) mass is 367 g/mol. The van der Waals surface area contributed by atoms with E-state index in [1.165, 1.54) is 0 Å². The smallest absolute Gasteiger partial charge is 0.325 e. The van der Waals surface area contributed by atoms with Gasteiger partial charge in [0.05, 0.1) is 18.4 Å². The summed E-state index contributed by atoms with van der Waals surface area (Å²) in [5, 5.41) is 2.38. The molecule has 0 saturated carbocycles. The van der Waals surface area contributed by atoms with Crippen molar-refractivity contribution >= 4 is 21.6 Å². The van der Waals surface area contributed by atoms with E-state index >= 15 is 0 Å². The Hall–Kier alpha value is -1.65. The average molecular weight is 367 g/mol. The van der Waals surface area contributed by atoms with Crippen LogP contribution < -0.4 is 5.32 Å². The standard InChI is InChI=1S/C14H20F3N3O3S/c1-19(2)8-9-20(24(3,22)23)10-13(21)18-12-6-4-11(5-7-12)14(15,16)17/h4-7H,8-10H2,1-3H3,(H,18,21). The third-order valence-electron chi connectivity index (χ3n) is 3.08. The Bertz CT molecular complexity index is 658. The molecule has 1 aromatic rings. The molecule has 0 aromatic heterocycles. The zero-order chi connectivity index (χ0) is 18.5. The lowest BCUT2D eigenvalue weighted by atomic mass is 10.2. The molecule has 0 aliphatic heterocycles. The predicted octanol–water partition coefficient (Wildman–Crippen LogP) is 1.47. The molecular weight excluding hydrogens is 347 g/mol. The van der Waals surface area contributed by atoms with Crippen LogP contribution in [0.15, 0.2) is 24.3 Å². The van der Waals surface area contributed by atoms with Gasteiger partial charge in [-0.25, -0.2) is 8.42 Å². The molecule has 1 aromatic carbocycles. The van der Waals surface area contributed by atoms with Crippen LogP contribution in [0, 0.1) is 0 Å². The number of anilines is 1. The second-order valence-electron chi connectivity index (χ2n) is 5.52. The van der Waals surface area contributed by atoms with E-state index in [-0.39, 0.29) is 12.2 Å². The van der Waals surface area contributed by atoms with Gasteiger partial charge in [0.2, 0.25) is 15.9 Å². The molecule has 1 N–H and O–H groups in total. The number of carbonyl (C=O) groups excluding carboxylic acids is 1. The van der Waals surface area contributed by atoms with Crippen molar-refractivity contribution in [3.8, 4) is 0 Å². The number of carbonyl (C=O) groups is 1. The van der Waals surface area contributed by atoms with E-state index in [9.17, 15) is 26.4 Å². The molecule has 0 fully saturated rings. The van der Waals surface area contributed by atoms with Crippen molar-refractivity contribution in [2.75, 3.05) is 45.3 Å². The van der Waals surface area contributed by atoms with E-state index in [0.29, 0.717) is 6.54 Å². The van der Waals surface area contributed by atoms with E-state index in [2.05, 4.69) is 5.32 Å². The van der Waals surface area contributed by atoms with E-state index < -0.39 is 34.2 Å². The van der Waals surface area contributed by atoms with Crippen LogP contribution >= 0.6 is 0 Å². The normalized spacial score (nSPS) is 12.7. The first-order chi connectivity index (χ1) is 10.9. The lowest BCUT2D eigenvalue weighted by Crippen LogP contribution is -2.41. The zero-order valence-corrected chi connectivity index (χ0v) is 14.4. The van der Waals surface area contributed by atoms with Crippen molar-refractivity contribution in [3.63, 3.8) is 0 Å². The summed E-state index contributed by atoms with van der Waals surface area (Å²) in [5.74, 6) is -0.626. The molecule has 1 amide bonds. The Kier molecular flexibility index (Phi) is 6.76. The van der Waals surface area contributed by atoms with Crippen LogP contribution in [0.5, 0.6) is 0 Å². The molecule has 0 aliphatic rings. The van der Waals surface area contributed by atoms with Gasteiger partial charge in [-0.2, -0.15) is 17.5 Å². The van der Waals surface area contributed by atoms with Crippen LogP contribution in [-0.4, -0.2) is 63.5 Å². The number of nitrogens with zero attached hydrogens (tertiary/aromatic N) is 2. The van der Waals surface area contributed by atoms with Crippen LogP contribution in [-0.2, 0) is 21.0 Å². The van der Waals surface area contributed by atoms with Gasteiger partial charge in [-0.15, -0.1) is 0 Å². The summed E-state index contributed by atoms with van der Waals surface area (Å²) in [6, 6.07) is 3.92. The van der Waals surface area contributed by atoms with Crippen LogP contribution in [0.1, 0.15) is 5.56 Å². The maximum atomic E-state index is 12.5. The fraction of sp³-hybridized carbons (Fsp3) is 0.500. The molecule has 0 spiro atoms. The second-order valence-corrected chi connectivity index (χ2v) is 7.51. The van der Waals surface area contributed by atoms with Gasteiger partial charge in [0.1, 0.15) is 0 Å². The Labute approximate surface area is 139 Å². The Morgan fingerprint density at radius 1 is 1.12 bits per heavy atom. The first-order valence-electron chi connectivity index (χ1n) is 6.96. The highest BCUT2D eigenvalue weighted by atomic mass is 32.2. The molecule has 0 atom stereocenters. The lowest BCUT2D eigenvalue weighted by Gasteiger charge is -2.21. The number of likely N-dealkylation sites (N-methyl/N-ethyl adjacent to an activating group) is 1. The Balaban J connectivity index is 2.72. The molecule has 0 saturated heterocycles. The number of benzene rings is 1. The maximum absolute atomic E-state index is 12.5. The number of rotatable bonds is 7. The van der Waals surface area contributed by atoms with Crippen LogP contribution in [0.25, 0.3) is 0 Å². The molecule has 0 heterocycles. The molecule has 0 bridgehead atoms. The topological polar surface area (TPSA) is 69.7 Å². The van der Waals surface area contributed by atoms with E-state index in [4.69, 9.17) is 0 Å². The number of hydrogen-bond acceptors (Lipinski definition) is 4. The maximum Gasteiger partial charge on any atom is 0.416 e. The minimum atomic E-state index is -4.46. The summed E-state index contributed by atoms with van der Waals surface area (Å²) in [5.41, 5.74) is -0.668. The molecule has 24 heavy (non-hydrogen) atoms. The predicted molar refractivity (Wildman–Crippen MR) is 85.0 cm³/mol. The summed E-state index contributed by atoms with van der Waals surface area (Å²) < 4.78 is 61.8. The summed E-state index contributed by atoms with van der Waals surface area (Å²) in [6.45, 7) is 0.153. The number of alkyl halides is 3. The largest absolute Gasteiger partial charge is 0.416 e. The van der Waals surface area contributed by atoms with Gasteiger partial charge in [-0.05, 0) is 38.4 Å². The molecule has 10 heteroatoms. The van der Waals surface area contributed by atoms with Crippen molar-refractivity contribution in [1.82, 2.24) is 9.21 Å². The number of amides is 1. The van der Waals surface area contributed by atoms with Crippen LogP contribution in [0.3, 0.4) is 0 Å². The Morgan fingerprint density at radius 3 is 2.08 bits per heavy atom. The van der Waals surface area contributed by atoms with E-state index in [1.54, 1.807) is 19.0 Å². The minimum absolute atomic E-state index is 0.131. The third-order valence-corrected chi connectivity index (χ3v) is 4.33. The van der Waals surface area contributed by atoms with Crippen molar-refractivity contribution in [2.45, 2.75) is 6.18 Å². The molecule has 0 aliphatic carbocycles. The van der Waals surface area contributed by atoms with Gasteiger partial charge in [-0.3, -0.25) is 4.79 Å². The number of hydrogen-bond donors (Lipinski definition) is 1. The quantitative estimate of drug-likeness (QED) is 0.792. The van der Waals surface area contributed by atoms with Gasteiger partial charge in [0, 0.05) is 18.8 Å². The summed E-state index contributed by atoms with van der Waals surface area (Å²) in [7, 11) is -0.0437. The fourth-order valence-corrected chi connectivity index (χ4v) is 2.54. The van der Waals surface area contributed by atoms with Crippen LogP contribution in [0.2, 0.25) is 0 Å². The van der Waals surface area contributed by atoms with Crippen molar-refractivity contribution in [1.29, 1.82) is 0 Å². The second kappa shape index (κ2) is 7.95. The van der Waals surface area contributed by atoms with Gasteiger partial charge in [0.25, 0.3) is 0 Å². The zero-order valence-electron chi connectivity index (χ0n) is 13.6. The van der Waals surface area contributed by atoms with Gasteiger partial charge in [-0.1, -0.05) is 0 Å². The highest BCUT2D eigenvalue weighted by Crippen LogP contribution is 2.29. The van der Waals surface area contributed by atoms with Gasteiger partial charge >= 0.3 is 6.18 Å². The summed E-state index contributed by atoms with van der Waals surface area (Å²) in [4.78, 5) is 13.7. The Morgan fingerprint density at radius 2 is 1.67 bits per heavy atom. The molecular formula is C14H20F3N3O3S. The van der Waals surface area contributed by atoms with E-state index in [0.717, 1.165) is 34.8 Å². The van der Waals surface area contributed by atoms with Gasteiger partial charge in [0.15, 0.2) is 0 Å². The minimum Gasteiger partial charge on any atom is -0.325 e. The number of sulfonamides is 1. The average Bonchev–Trinajstić information content (AvgIpc) is 2.41. The number of nitrogens with one attached hydrogen (secondary N) is 1. The molecule has 1 rings (SSSR count). The highest BCUT2D eigenvalue weighted by Gasteiger charge is 2.30. The number of halogens is 3. The molecule has 0 unspecified atom stereocenters. The molecule has 136 valence electrons. The van der Waals surface area contributed by atoms with Gasteiger partial charge < -0.3 is 10.2 Å². The molecule has 6 nitrogen and oxygen atoms in total.